The molecule has 2 heteroatoms. The first-order valence-electron chi connectivity index (χ1n) is 9.24. The van der Waals surface area contributed by atoms with Crippen molar-refractivity contribution in [3.63, 3.8) is 0 Å². The van der Waals surface area contributed by atoms with Gasteiger partial charge in [0.1, 0.15) is 6.23 Å². The molecule has 0 radical (unpaired) electrons. The molecule has 2 nitrogen and oxygen atoms in total. The van der Waals surface area contributed by atoms with E-state index in [2.05, 4.69) is 12.2 Å². The van der Waals surface area contributed by atoms with E-state index in [1.54, 1.807) is 0 Å². The SMILES string of the molecule is CC1CCC2C3CCCCC3N[C@H]2OC2CCCCC12. The van der Waals surface area contributed by atoms with Crippen LogP contribution < -0.4 is 5.32 Å². The summed E-state index contributed by atoms with van der Waals surface area (Å²) in [5.41, 5.74) is 0. The molecule has 2 aliphatic carbocycles. The summed E-state index contributed by atoms with van der Waals surface area (Å²) in [7, 11) is 0. The Balaban J connectivity index is 1.53. The van der Waals surface area contributed by atoms with E-state index >= 15 is 0 Å². The molecule has 6 unspecified atom stereocenters. The third-order valence-corrected chi connectivity index (χ3v) is 6.90. The van der Waals surface area contributed by atoms with Gasteiger partial charge in [0.2, 0.25) is 0 Å². The van der Waals surface area contributed by atoms with Crippen LogP contribution in [0, 0.1) is 23.7 Å². The molecule has 2 saturated carbocycles. The van der Waals surface area contributed by atoms with E-state index in [0.29, 0.717) is 12.3 Å². The Morgan fingerprint density at radius 3 is 2.40 bits per heavy atom. The van der Waals surface area contributed by atoms with Crippen molar-refractivity contribution in [3.8, 4) is 0 Å². The number of rotatable bonds is 0. The molecule has 20 heavy (non-hydrogen) atoms. The molecule has 0 aromatic carbocycles. The Bertz CT molecular complexity index is 344. The van der Waals surface area contributed by atoms with E-state index in [9.17, 15) is 0 Å². The van der Waals surface area contributed by atoms with Gasteiger partial charge in [-0.25, -0.2) is 0 Å². The second-order valence-corrected chi connectivity index (χ2v) is 7.98. The summed E-state index contributed by atoms with van der Waals surface area (Å²) < 4.78 is 6.67. The van der Waals surface area contributed by atoms with Crippen molar-refractivity contribution in [1.29, 1.82) is 0 Å². The van der Waals surface area contributed by atoms with Crippen LogP contribution in [0.1, 0.15) is 71.1 Å². The maximum atomic E-state index is 6.67. The van der Waals surface area contributed by atoms with Crippen molar-refractivity contribution < 1.29 is 4.74 Å². The smallest absolute Gasteiger partial charge is 0.111 e. The van der Waals surface area contributed by atoms with Crippen molar-refractivity contribution in [2.45, 2.75) is 89.5 Å². The van der Waals surface area contributed by atoms with Gasteiger partial charge in [-0.05, 0) is 56.3 Å². The van der Waals surface area contributed by atoms with Gasteiger partial charge in [-0.1, -0.05) is 32.6 Å². The highest BCUT2D eigenvalue weighted by molar-refractivity contribution is 4.98. The van der Waals surface area contributed by atoms with Gasteiger partial charge in [0.25, 0.3) is 0 Å². The third-order valence-electron chi connectivity index (χ3n) is 6.90. The number of nitrogens with one attached hydrogen (secondary N) is 1. The first kappa shape index (κ1) is 13.6. The Morgan fingerprint density at radius 1 is 0.750 bits per heavy atom. The van der Waals surface area contributed by atoms with Gasteiger partial charge in [-0.15, -0.1) is 0 Å². The zero-order chi connectivity index (χ0) is 13.5. The first-order chi connectivity index (χ1) is 9.83. The van der Waals surface area contributed by atoms with Gasteiger partial charge in [0.15, 0.2) is 0 Å². The first-order valence-corrected chi connectivity index (χ1v) is 9.24. The molecule has 2 heterocycles. The molecule has 0 aromatic rings. The molecule has 4 aliphatic rings. The quantitative estimate of drug-likeness (QED) is 0.720. The molecular weight excluding hydrogens is 246 g/mol. The molecule has 4 fully saturated rings. The van der Waals surface area contributed by atoms with Crippen LogP contribution >= 0.6 is 0 Å². The zero-order valence-corrected chi connectivity index (χ0v) is 13.0. The fraction of sp³-hybridized carbons (Fsp3) is 1.00. The van der Waals surface area contributed by atoms with E-state index < -0.39 is 0 Å². The largest absolute Gasteiger partial charge is 0.360 e. The van der Waals surface area contributed by atoms with E-state index in [1.165, 1.54) is 64.2 Å². The van der Waals surface area contributed by atoms with Crippen LogP contribution in [0.3, 0.4) is 0 Å². The van der Waals surface area contributed by atoms with E-state index in [1.807, 2.05) is 0 Å². The molecule has 7 atom stereocenters. The van der Waals surface area contributed by atoms with Crippen LogP contribution in [0.5, 0.6) is 0 Å². The molecule has 4 rings (SSSR count). The highest BCUT2D eigenvalue weighted by Crippen LogP contribution is 2.45. The number of hydrogen-bond acceptors (Lipinski definition) is 2. The molecule has 0 spiro atoms. The number of hydrogen-bond donors (Lipinski definition) is 1. The normalized spacial score (nSPS) is 52.4. The minimum Gasteiger partial charge on any atom is -0.360 e. The van der Waals surface area contributed by atoms with Crippen LogP contribution in [-0.2, 0) is 4.74 Å². The maximum Gasteiger partial charge on any atom is 0.111 e. The summed E-state index contributed by atoms with van der Waals surface area (Å²) in [6.07, 6.45) is 15.1. The summed E-state index contributed by atoms with van der Waals surface area (Å²) in [6.45, 7) is 2.49. The summed E-state index contributed by atoms with van der Waals surface area (Å²) in [4.78, 5) is 0. The minimum atomic E-state index is 0.390. The second-order valence-electron chi connectivity index (χ2n) is 7.98. The van der Waals surface area contributed by atoms with Crippen molar-refractivity contribution in [2.75, 3.05) is 0 Å². The lowest BCUT2D eigenvalue weighted by Crippen LogP contribution is -2.43. The molecule has 0 amide bonds. The number of fused-ring (bicyclic) bond motifs is 4. The third kappa shape index (κ3) is 2.33. The van der Waals surface area contributed by atoms with Crippen LogP contribution in [0.4, 0.5) is 0 Å². The maximum absolute atomic E-state index is 6.67. The van der Waals surface area contributed by atoms with Crippen LogP contribution in [0.25, 0.3) is 0 Å². The van der Waals surface area contributed by atoms with Crippen LogP contribution in [0.15, 0.2) is 0 Å². The topological polar surface area (TPSA) is 21.3 Å². The van der Waals surface area contributed by atoms with Crippen molar-refractivity contribution in [3.05, 3.63) is 0 Å². The lowest BCUT2D eigenvalue weighted by Gasteiger charge is -2.41. The molecule has 0 aromatic heterocycles. The van der Waals surface area contributed by atoms with Gasteiger partial charge >= 0.3 is 0 Å². The summed E-state index contributed by atoms with van der Waals surface area (Å²) in [6, 6.07) is 0.772. The van der Waals surface area contributed by atoms with Crippen LogP contribution in [-0.4, -0.2) is 18.4 Å². The Labute approximate surface area is 124 Å². The second kappa shape index (κ2) is 5.61. The van der Waals surface area contributed by atoms with E-state index in [4.69, 9.17) is 4.74 Å². The highest BCUT2D eigenvalue weighted by Gasteiger charge is 2.47. The fourth-order valence-electron chi connectivity index (χ4n) is 5.75. The van der Waals surface area contributed by atoms with Gasteiger partial charge in [-0.2, -0.15) is 0 Å². The Morgan fingerprint density at radius 2 is 1.50 bits per heavy atom. The highest BCUT2D eigenvalue weighted by atomic mass is 16.5. The Kier molecular flexibility index (Phi) is 3.80. The van der Waals surface area contributed by atoms with Crippen molar-refractivity contribution in [1.82, 2.24) is 5.32 Å². The van der Waals surface area contributed by atoms with E-state index in [-0.39, 0.29) is 0 Å². The lowest BCUT2D eigenvalue weighted by molar-refractivity contribution is -0.111. The zero-order valence-electron chi connectivity index (χ0n) is 13.0. The monoisotopic (exact) mass is 277 g/mol. The van der Waals surface area contributed by atoms with Crippen LogP contribution in [0.2, 0.25) is 0 Å². The number of ether oxygens (including phenoxy) is 1. The predicted octanol–water partition coefficient (Wildman–Crippen LogP) is 4.10. The van der Waals surface area contributed by atoms with Crippen molar-refractivity contribution >= 4 is 0 Å². The van der Waals surface area contributed by atoms with Crippen molar-refractivity contribution in [2.24, 2.45) is 23.7 Å². The minimum absolute atomic E-state index is 0.390. The average molecular weight is 277 g/mol. The van der Waals surface area contributed by atoms with Gasteiger partial charge in [0.05, 0.1) is 6.10 Å². The summed E-state index contributed by atoms with van der Waals surface area (Å²) >= 11 is 0. The summed E-state index contributed by atoms with van der Waals surface area (Å²) in [5.74, 6) is 3.45. The Hall–Kier alpha value is -0.0800. The van der Waals surface area contributed by atoms with E-state index in [0.717, 1.165) is 29.7 Å². The molecular formula is C18H31NO. The molecule has 114 valence electrons. The average Bonchev–Trinajstić information content (AvgIpc) is 2.81. The standard InChI is InChI=1S/C18H31NO/c1-12-10-11-15-14-7-2-4-8-16(14)19-18(15)20-17-9-5-3-6-13(12)17/h12-19H,2-11H2,1H3/t12?,13?,14?,15?,16?,17?,18-/m0/s1. The van der Waals surface area contributed by atoms with Gasteiger partial charge in [-0.3, -0.25) is 5.32 Å². The summed E-state index contributed by atoms with van der Waals surface area (Å²) in [5, 5.41) is 3.89. The van der Waals surface area contributed by atoms with Gasteiger partial charge < -0.3 is 4.74 Å². The molecule has 1 N–H and O–H groups in total. The molecule has 2 aliphatic heterocycles. The fourth-order valence-corrected chi connectivity index (χ4v) is 5.75. The van der Waals surface area contributed by atoms with Gasteiger partial charge in [0, 0.05) is 12.0 Å². The predicted molar refractivity (Wildman–Crippen MR) is 81.4 cm³/mol. The molecule has 0 bridgehead atoms. The lowest BCUT2D eigenvalue weighted by atomic mass is 9.72. The molecule has 2 saturated heterocycles.